The largest absolute Gasteiger partial charge is 0.298 e. The highest BCUT2D eigenvalue weighted by Gasteiger charge is 2.27. The van der Waals surface area contributed by atoms with E-state index in [1.54, 1.807) is 17.5 Å². The fourth-order valence-electron chi connectivity index (χ4n) is 3.88. The molecule has 1 fully saturated rings. The predicted octanol–water partition coefficient (Wildman–Crippen LogP) is 3.66. The number of thiazole rings is 1. The first-order valence-electron chi connectivity index (χ1n) is 9.76. The Bertz CT molecular complexity index is 820. The number of Topliss-reactive ketones (excluding diaryl/α,β-unsaturated/α-hetero) is 1. The molecule has 0 radical (unpaired) electrons. The van der Waals surface area contributed by atoms with Crippen molar-refractivity contribution in [2.45, 2.75) is 12.5 Å². The molecule has 0 saturated carbocycles. The minimum absolute atomic E-state index is 0.256. The Morgan fingerprint density at radius 3 is 2.07 bits per heavy atom. The highest BCUT2D eigenvalue weighted by Crippen LogP contribution is 2.29. The van der Waals surface area contributed by atoms with Crippen LogP contribution in [0.15, 0.2) is 72.2 Å². The molecule has 4 nitrogen and oxygen atoms in total. The number of rotatable bonds is 7. The van der Waals surface area contributed by atoms with Gasteiger partial charge in [0.15, 0.2) is 5.78 Å². The maximum absolute atomic E-state index is 12.3. The molecule has 0 unspecified atom stereocenters. The van der Waals surface area contributed by atoms with Gasteiger partial charge in [0.25, 0.3) is 0 Å². The molecule has 1 aliphatic heterocycles. The van der Waals surface area contributed by atoms with E-state index in [1.165, 1.54) is 11.1 Å². The summed E-state index contributed by atoms with van der Waals surface area (Å²) in [5, 5.41) is 2.84. The molecular weight excluding hydrogens is 366 g/mol. The highest BCUT2D eigenvalue weighted by atomic mass is 32.1. The molecule has 1 aliphatic rings. The van der Waals surface area contributed by atoms with E-state index >= 15 is 0 Å². The van der Waals surface area contributed by atoms with Crippen molar-refractivity contribution < 1.29 is 4.79 Å². The van der Waals surface area contributed by atoms with Crippen molar-refractivity contribution in [2.75, 3.05) is 32.7 Å². The molecule has 28 heavy (non-hydrogen) atoms. The third-order valence-electron chi connectivity index (χ3n) is 5.23. The van der Waals surface area contributed by atoms with Gasteiger partial charge in [0, 0.05) is 37.8 Å². The molecule has 0 N–H and O–H groups in total. The maximum Gasteiger partial charge on any atom is 0.153 e. The first kappa shape index (κ1) is 19.0. The van der Waals surface area contributed by atoms with Gasteiger partial charge in [-0.2, -0.15) is 0 Å². The SMILES string of the molecule is O=C(Cc1nccs1)CN1CCN(C(c2ccccc2)c2ccccc2)CC1. The summed E-state index contributed by atoms with van der Waals surface area (Å²) < 4.78 is 0. The lowest BCUT2D eigenvalue weighted by atomic mass is 9.96. The average molecular weight is 392 g/mol. The van der Waals surface area contributed by atoms with Gasteiger partial charge in [-0.1, -0.05) is 60.7 Å². The molecule has 0 amide bonds. The first-order valence-corrected chi connectivity index (χ1v) is 10.6. The molecule has 1 saturated heterocycles. The van der Waals surface area contributed by atoms with Crippen LogP contribution in [0.1, 0.15) is 22.2 Å². The zero-order valence-corrected chi connectivity index (χ0v) is 16.7. The summed E-state index contributed by atoms with van der Waals surface area (Å²) in [6, 6.07) is 21.7. The van der Waals surface area contributed by atoms with E-state index in [0.29, 0.717) is 13.0 Å². The number of ketones is 1. The second-order valence-corrected chi connectivity index (χ2v) is 8.16. The van der Waals surface area contributed by atoms with Crippen molar-refractivity contribution in [1.29, 1.82) is 0 Å². The van der Waals surface area contributed by atoms with Crippen molar-refractivity contribution >= 4 is 17.1 Å². The topological polar surface area (TPSA) is 36.4 Å². The normalized spacial score (nSPS) is 15.8. The Labute approximate surface area is 170 Å². The van der Waals surface area contributed by atoms with E-state index in [-0.39, 0.29) is 11.8 Å². The Balaban J connectivity index is 1.40. The minimum Gasteiger partial charge on any atom is -0.298 e. The Morgan fingerprint density at radius 2 is 1.54 bits per heavy atom. The van der Waals surface area contributed by atoms with E-state index in [4.69, 9.17) is 0 Å². The van der Waals surface area contributed by atoms with Crippen LogP contribution in [0.3, 0.4) is 0 Å². The number of carbonyl (C=O) groups is 1. The van der Waals surface area contributed by atoms with Gasteiger partial charge in [0.1, 0.15) is 0 Å². The number of aromatic nitrogens is 1. The smallest absolute Gasteiger partial charge is 0.153 e. The lowest BCUT2D eigenvalue weighted by molar-refractivity contribution is -0.120. The van der Waals surface area contributed by atoms with Gasteiger partial charge < -0.3 is 0 Å². The summed E-state index contributed by atoms with van der Waals surface area (Å²) in [4.78, 5) is 21.4. The van der Waals surface area contributed by atoms with Gasteiger partial charge in [-0.3, -0.25) is 14.6 Å². The number of piperazine rings is 1. The zero-order chi connectivity index (χ0) is 19.2. The molecule has 0 bridgehead atoms. The van der Waals surface area contributed by atoms with E-state index in [1.807, 2.05) is 5.38 Å². The van der Waals surface area contributed by atoms with Crippen LogP contribution in [0.2, 0.25) is 0 Å². The second kappa shape index (κ2) is 9.24. The van der Waals surface area contributed by atoms with Gasteiger partial charge in [0.05, 0.1) is 24.0 Å². The van der Waals surface area contributed by atoms with Gasteiger partial charge in [-0.15, -0.1) is 11.3 Å². The summed E-state index contributed by atoms with van der Waals surface area (Å²) in [5.74, 6) is 0.256. The van der Waals surface area contributed by atoms with Crippen molar-refractivity contribution in [3.8, 4) is 0 Å². The van der Waals surface area contributed by atoms with E-state index in [0.717, 1.165) is 31.2 Å². The average Bonchev–Trinajstić information content (AvgIpc) is 3.24. The van der Waals surface area contributed by atoms with Crippen LogP contribution in [0.5, 0.6) is 0 Å². The van der Waals surface area contributed by atoms with Crippen molar-refractivity contribution in [1.82, 2.24) is 14.8 Å². The van der Waals surface area contributed by atoms with Crippen LogP contribution in [-0.2, 0) is 11.2 Å². The van der Waals surface area contributed by atoms with Crippen LogP contribution >= 0.6 is 11.3 Å². The number of hydrogen-bond acceptors (Lipinski definition) is 5. The third kappa shape index (κ3) is 4.73. The predicted molar refractivity (Wildman–Crippen MR) is 114 cm³/mol. The Kier molecular flexibility index (Phi) is 6.27. The van der Waals surface area contributed by atoms with Crippen molar-refractivity contribution in [3.05, 3.63) is 88.4 Å². The zero-order valence-electron chi connectivity index (χ0n) is 15.9. The van der Waals surface area contributed by atoms with Gasteiger partial charge >= 0.3 is 0 Å². The van der Waals surface area contributed by atoms with Crippen molar-refractivity contribution in [3.63, 3.8) is 0 Å². The third-order valence-corrected chi connectivity index (χ3v) is 6.01. The summed E-state index contributed by atoms with van der Waals surface area (Å²) in [6.45, 7) is 4.27. The number of hydrogen-bond donors (Lipinski definition) is 0. The van der Waals surface area contributed by atoms with Gasteiger partial charge in [-0.25, -0.2) is 4.98 Å². The summed E-state index contributed by atoms with van der Waals surface area (Å²) >= 11 is 1.55. The van der Waals surface area contributed by atoms with Crippen LogP contribution < -0.4 is 0 Å². The number of nitrogens with zero attached hydrogens (tertiary/aromatic N) is 3. The summed E-state index contributed by atoms with van der Waals surface area (Å²) in [6.07, 6.45) is 2.22. The molecule has 2 aromatic carbocycles. The second-order valence-electron chi connectivity index (χ2n) is 7.18. The highest BCUT2D eigenvalue weighted by molar-refractivity contribution is 7.09. The van der Waals surface area contributed by atoms with Crippen LogP contribution in [0.25, 0.3) is 0 Å². The van der Waals surface area contributed by atoms with E-state index in [2.05, 4.69) is 75.4 Å². The fourth-order valence-corrected chi connectivity index (χ4v) is 4.52. The number of carbonyl (C=O) groups excluding carboxylic acids is 1. The molecular formula is C23H25N3OS. The Hall–Kier alpha value is -2.34. The van der Waals surface area contributed by atoms with Crippen LogP contribution in [-0.4, -0.2) is 53.3 Å². The molecule has 3 aromatic rings. The first-order chi connectivity index (χ1) is 13.8. The quantitative estimate of drug-likeness (QED) is 0.616. The summed E-state index contributed by atoms with van der Waals surface area (Å²) in [5.41, 5.74) is 2.64. The fraction of sp³-hybridized carbons (Fsp3) is 0.304. The minimum atomic E-state index is 0.256. The summed E-state index contributed by atoms with van der Waals surface area (Å²) in [7, 11) is 0. The molecule has 5 heteroatoms. The molecule has 1 aromatic heterocycles. The molecule has 0 atom stereocenters. The number of benzene rings is 2. The molecule has 2 heterocycles. The Morgan fingerprint density at radius 1 is 0.929 bits per heavy atom. The van der Waals surface area contributed by atoms with E-state index in [9.17, 15) is 4.79 Å². The molecule has 4 rings (SSSR count). The van der Waals surface area contributed by atoms with Crippen LogP contribution in [0.4, 0.5) is 0 Å². The van der Waals surface area contributed by atoms with Gasteiger partial charge in [-0.05, 0) is 11.1 Å². The van der Waals surface area contributed by atoms with Crippen molar-refractivity contribution in [2.24, 2.45) is 0 Å². The monoisotopic (exact) mass is 391 g/mol. The molecule has 0 spiro atoms. The maximum atomic E-state index is 12.3. The van der Waals surface area contributed by atoms with E-state index < -0.39 is 0 Å². The van der Waals surface area contributed by atoms with Crippen LogP contribution in [0, 0.1) is 0 Å². The molecule has 144 valence electrons. The standard InChI is InChI=1S/C23H25N3OS/c27-21(17-22-24-11-16-28-22)18-25-12-14-26(15-13-25)23(19-7-3-1-4-8-19)20-9-5-2-6-10-20/h1-11,16,23H,12-15,17-18H2. The lowest BCUT2D eigenvalue weighted by Crippen LogP contribution is -2.49. The van der Waals surface area contributed by atoms with Gasteiger partial charge in [0.2, 0.25) is 0 Å². The lowest BCUT2D eigenvalue weighted by Gasteiger charge is -2.39. The molecule has 0 aliphatic carbocycles.